The molecule has 3 rings (SSSR count). The third kappa shape index (κ3) is 4.47. The van der Waals surface area contributed by atoms with Crippen LogP contribution in [0.25, 0.3) is 0 Å². The summed E-state index contributed by atoms with van der Waals surface area (Å²) >= 11 is 0. The standard InChI is InChI=1S/C17H23N5O5S/c1-28(26,27)21-8-9-22(17(25)12-4-2-6-18-10-12)14(11-21)16(24)20-13-5-3-7-19-15(13)23/h2,4,6,10,13-14H,3,5,7-9,11H2,1H3,(H,19,23)(H,20,24)/t13-,14-/m1/s1. The van der Waals surface area contributed by atoms with Crippen molar-refractivity contribution in [3.05, 3.63) is 30.1 Å². The number of pyridine rings is 1. The normalized spacial score (nSPS) is 23.8. The van der Waals surface area contributed by atoms with Crippen molar-refractivity contribution in [3.8, 4) is 0 Å². The number of carbonyl (C=O) groups excluding carboxylic acids is 3. The average molecular weight is 409 g/mol. The molecule has 2 fully saturated rings. The van der Waals surface area contributed by atoms with Crippen molar-refractivity contribution >= 4 is 27.7 Å². The monoisotopic (exact) mass is 409 g/mol. The molecule has 0 aromatic carbocycles. The lowest BCUT2D eigenvalue weighted by atomic mass is 10.1. The number of hydrogen-bond donors (Lipinski definition) is 2. The van der Waals surface area contributed by atoms with Crippen LogP contribution in [0.5, 0.6) is 0 Å². The summed E-state index contributed by atoms with van der Waals surface area (Å²) in [6.45, 7) is 0.557. The van der Waals surface area contributed by atoms with Gasteiger partial charge in [-0.15, -0.1) is 0 Å². The van der Waals surface area contributed by atoms with E-state index in [1.54, 1.807) is 12.1 Å². The Morgan fingerprint density at radius 1 is 1.32 bits per heavy atom. The summed E-state index contributed by atoms with van der Waals surface area (Å²) in [6, 6.07) is 1.47. The Morgan fingerprint density at radius 3 is 2.75 bits per heavy atom. The summed E-state index contributed by atoms with van der Waals surface area (Å²) in [5, 5.41) is 5.35. The molecule has 0 spiro atoms. The van der Waals surface area contributed by atoms with Crippen LogP contribution in [0, 0.1) is 0 Å². The summed E-state index contributed by atoms with van der Waals surface area (Å²) < 4.78 is 25.1. The van der Waals surface area contributed by atoms with Crippen LogP contribution in [0.15, 0.2) is 24.5 Å². The average Bonchev–Trinajstić information content (AvgIpc) is 2.68. The molecule has 2 atom stereocenters. The fourth-order valence-electron chi connectivity index (χ4n) is 3.36. The van der Waals surface area contributed by atoms with Gasteiger partial charge in [0.15, 0.2) is 0 Å². The molecule has 3 heterocycles. The summed E-state index contributed by atoms with van der Waals surface area (Å²) in [5.41, 5.74) is 0.309. The van der Waals surface area contributed by atoms with E-state index in [0.717, 1.165) is 12.7 Å². The number of aromatic nitrogens is 1. The van der Waals surface area contributed by atoms with Crippen molar-refractivity contribution in [2.24, 2.45) is 0 Å². The van der Waals surface area contributed by atoms with Gasteiger partial charge < -0.3 is 15.5 Å². The van der Waals surface area contributed by atoms with Gasteiger partial charge in [0, 0.05) is 38.6 Å². The summed E-state index contributed by atoms with van der Waals surface area (Å²) in [4.78, 5) is 43.0. The van der Waals surface area contributed by atoms with Crippen LogP contribution < -0.4 is 10.6 Å². The SMILES string of the molecule is CS(=O)(=O)N1CCN(C(=O)c2cccnc2)[C@@H](C(=O)N[C@@H]2CCCNC2=O)C1. The van der Waals surface area contributed by atoms with Crippen LogP contribution in [0.2, 0.25) is 0 Å². The van der Waals surface area contributed by atoms with E-state index >= 15 is 0 Å². The second-order valence-electron chi connectivity index (χ2n) is 6.87. The molecule has 3 amide bonds. The van der Waals surface area contributed by atoms with E-state index in [4.69, 9.17) is 0 Å². The van der Waals surface area contributed by atoms with Crippen molar-refractivity contribution in [3.63, 3.8) is 0 Å². The van der Waals surface area contributed by atoms with Crippen LogP contribution in [0.3, 0.4) is 0 Å². The van der Waals surface area contributed by atoms with Gasteiger partial charge in [-0.25, -0.2) is 8.42 Å². The zero-order valence-corrected chi connectivity index (χ0v) is 16.3. The van der Waals surface area contributed by atoms with Gasteiger partial charge in [-0.3, -0.25) is 19.4 Å². The smallest absolute Gasteiger partial charge is 0.256 e. The highest BCUT2D eigenvalue weighted by molar-refractivity contribution is 7.88. The Hall–Kier alpha value is -2.53. The molecule has 10 nitrogen and oxygen atoms in total. The first-order valence-electron chi connectivity index (χ1n) is 9.01. The van der Waals surface area contributed by atoms with Crippen molar-refractivity contribution in [1.29, 1.82) is 0 Å². The van der Waals surface area contributed by atoms with E-state index in [-0.39, 0.29) is 25.5 Å². The molecule has 0 unspecified atom stereocenters. The van der Waals surface area contributed by atoms with Crippen molar-refractivity contribution in [2.75, 3.05) is 32.4 Å². The minimum Gasteiger partial charge on any atom is -0.354 e. The summed E-state index contributed by atoms with van der Waals surface area (Å²) in [6.07, 6.45) is 5.22. The second-order valence-corrected chi connectivity index (χ2v) is 8.85. The quantitative estimate of drug-likeness (QED) is 0.627. The number of piperidine rings is 1. The molecule has 28 heavy (non-hydrogen) atoms. The third-order valence-corrected chi connectivity index (χ3v) is 6.16. The molecular weight excluding hydrogens is 386 g/mol. The van der Waals surface area contributed by atoms with Crippen molar-refractivity contribution < 1.29 is 22.8 Å². The number of amides is 3. The molecule has 1 aromatic heterocycles. The van der Waals surface area contributed by atoms with E-state index in [1.807, 2.05) is 0 Å². The minimum absolute atomic E-state index is 0.0652. The van der Waals surface area contributed by atoms with E-state index in [9.17, 15) is 22.8 Å². The second kappa shape index (κ2) is 8.23. The topological polar surface area (TPSA) is 129 Å². The lowest BCUT2D eigenvalue weighted by Gasteiger charge is -2.40. The Bertz CT molecular complexity index is 860. The highest BCUT2D eigenvalue weighted by Gasteiger charge is 2.39. The largest absolute Gasteiger partial charge is 0.354 e. The Kier molecular flexibility index (Phi) is 5.94. The molecular formula is C17H23N5O5S. The molecule has 2 saturated heterocycles. The van der Waals surface area contributed by atoms with E-state index < -0.39 is 33.9 Å². The summed E-state index contributed by atoms with van der Waals surface area (Å²) in [7, 11) is -3.53. The molecule has 0 saturated carbocycles. The molecule has 11 heteroatoms. The maximum Gasteiger partial charge on any atom is 0.256 e. The first kappa shape index (κ1) is 20.2. The maximum absolute atomic E-state index is 12.9. The van der Waals surface area contributed by atoms with Crippen LogP contribution >= 0.6 is 0 Å². The number of piperazine rings is 1. The Morgan fingerprint density at radius 2 is 2.11 bits per heavy atom. The molecule has 152 valence electrons. The first-order valence-corrected chi connectivity index (χ1v) is 10.9. The fourth-order valence-corrected chi connectivity index (χ4v) is 4.18. The lowest BCUT2D eigenvalue weighted by Crippen LogP contribution is -2.63. The number of sulfonamides is 1. The van der Waals surface area contributed by atoms with Crippen LogP contribution in [-0.4, -0.2) is 84.8 Å². The van der Waals surface area contributed by atoms with Gasteiger partial charge in [-0.2, -0.15) is 4.31 Å². The van der Waals surface area contributed by atoms with Gasteiger partial charge in [0.1, 0.15) is 12.1 Å². The minimum atomic E-state index is -3.53. The third-order valence-electron chi connectivity index (χ3n) is 4.89. The molecule has 2 aliphatic rings. The number of rotatable bonds is 4. The summed E-state index contributed by atoms with van der Waals surface area (Å²) in [5.74, 6) is -1.23. The molecule has 1 aromatic rings. The van der Waals surface area contributed by atoms with Gasteiger partial charge in [-0.05, 0) is 25.0 Å². The number of nitrogens with zero attached hydrogens (tertiary/aromatic N) is 3. The Labute approximate surface area is 163 Å². The predicted octanol–water partition coefficient (Wildman–Crippen LogP) is -1.44. The van der Waals surface area contributed by atoms with Crippen LogP contribution in [-0.2, 0) is 19.6 Å². The van der Waals surface area contributed by atoms with Gasteiger partial charge >= 0.3 is 0 Å². The lowest BCUT2D eigenvalue weighted by molar-refractivity contribution is -0.133. The van der Waals surface area contributed by atoms with E-state index in [1.165, 1.54) is 21.6 Å². The van der Waals surface area contributed by atoms with Gasteiger partial charge in [-0.1, -0.05) is 0 Å². The molecule has 0 aliphatic carbocycles. The number of hydrogen-bond acceptors (Lipinski definition) is 6. The molecule has 0 radical (unpaired) electrons. The Balaban J connectivity index is 1.82. The predicted molar refractivity (Wildman–Crippen MR) is 99.7 cm³/mol. The van der Waals surface area contributed by atoms with Gasteiger partial charge in [0.2, 0.25) is 21.8 Å². The van der Waals surface area contributed by atoms with E-state index in [0.29, 0.717) is 18.5 Å². The first-order chi connectivity index (χ1) is 13.3. The fraction of sp³-hybridized carbons (Fsp3) is 0.529. The zero-order valence-electron chi connectivity index (χ0n) is 15.5. The van der Waals surface area contributed by atoms with E-state index in [2.05, 4.69) is 15.6 Å². The van der Waals surface area contributed by atoms with Gasteiger partial charge in [0.05, 0.1) is 11.8 Å². The van der Waals surface area contributed by atoms with Gasteiger partial charge in [0.25, 0.3) is 5.91 Å². The number of carbonyl (C=O) groups is 3. The highest BCUT2D eigenvalue weighted by atomic mass is 32.2. The zero-order chi connectivity index (χ0) is 20.3. The van der Waals surface area contributed by atoms with Crippen LogP contribution in [0.1, 0.15) is 23.2 Å². The number of nitrogens with one attached hydrogen (secondary N) is 2. The molecule has 2 N–H and O–H groups in total. The van der Waals surface area contributed by atoms with Crippen LogP contribution in [0.4, 0.5) is 0 Å². The highest BCUT2D eigenvalue weighted by Crippen LogP contribution is 2.17. The molecule has 2 aliphatic heterocycles. The maximum atomic E-state index is 12.9. The van der Waals surface area contributed by atoms with Crippen molar-refractivity contribution in [1.82, 2.24) is 24.8 Å². The van der Waals surface area contributed by atoms with Crippen molar-refractivity contribution in [2.45, 2.75) is 24.9 Å². The molecule has 0 bridgehead atoms.